The molecule has 4 aromatic carbocycles. The summed E-state index contributed by atoms with van der Waals surface area (Å²) in [6.07, 6.45) is -0.334. The predicted molar refractivity (Wildman–Crippen MR) is 170 cm³/mol. The first-order valence-electron chi connectivity index (χ1n) is 15.4. The number of nitrogens with zero attached hydrogens (tertiary/aromatic N) is 1. The Labute approximate surface area is 259 Å². The Morgan fingerprint density at radius 3 is 2.30 bits per heavy atom. The van der Waals surface area contributed by atoms with Gasteiger partial charge in [0.15, 0.2) is 6.29 Å². The molecule has 2 heterocycles. The van der Waals surface area contributed by atoms with Crippen LogP contribution in [0.3, 0.4) is 0 Å². The molecule has 0 unspecified atom stereocenters. The summed E-state index contributed by atoms with van der Waals surface area (Å²) >= 11 is 0. The first-order chi connectivity index (χ1) is 21.5. The van der Waals surface area contributed by atoms with Crippen LogP contribution in [0.15, 0.2) is 103 Å². The minimum atomic E-state index is -0.555. The monoisotopic (exact) mass is 592 g/mol. The van der Waals surface area contributed by atoms with Crippen LogP contribution in [0.5, 0.6) is 0 Å². The highest BCUT2D eigenvalue weighted by molar-refractivity contribution is 5.94. The van der Waals surface area contributed by atoms with Crippen molar-refractivity contribution in [1.29, 1.82) is 0 Å². The van der Waals surface area contributed by atoms with Crippen LogP contribution >= 0.6 is 0 Å². The minimum absolute atomic E-state index is 0.00186. The lowest BCUT2D eigenvalue weighted by atomic mass is 9.90. The van der Waals surface area contributed by atoms with Gasteiger partial charge >= 0.3 is 0 Å². The quantitative estimate of drug-likeness (QED) is 0.233. The molecule has 228 valence electrons. The third-order valence-electron chi connectivity index (χ3n) is 8.80. The van der Waals surface area contributed by atoms with Gasteiger partial charge in [-0.15, -0.1) is 0 Å². The van der Waals surface area contributed by atoms with Crippen LogP contribution in [0.1, 0.15) is 58.4 Å². The maximum absolute atomic E-state index is 12.7. The normalized spacial score (nSPS) is 23.8. The fourth-order valence-electron chi connectivity index (χ4n) is 6.20. The molecule has 1 amide bonds. The van der Waals surface area contributed by atoms with Gasteiger partial charge < -0.3 is 25.0 Å². The van der Waals surface area contributed by atoms with Crippen molar-refractivity contribution in [3.63, 3.8) is 0 Å². The Morgan fingerprint density at radius 1 is 0.886 bits per heavy atom. The molecule has 2 aliphatic rings. The zero-order chi connectivity index (χ0) is 30.5. The Kier molecular flexibility index (Phi) is 9.50. The van der Waals surface area contributed by atoms with E-state index in [9.17, 15) is 15.0 Å². The highest BCUT2D eigenvalue weighted by Gasteiger charge is 2.39. The molecule has 2 saturated heterocycles. The number of aliphatic hydroxyl groups is 2. The fourth-order valence-corrected chi connectivity index (χ4v) is 6.20. The van der Waals surface area contributed by atoms with Gasteiger partial charge in [0.05, 0.1) is 24.9 Å². The van der Waals surface area contributed by atoms with Gasteiger partial charge in [-0.25, -0.2) is 0 Å². The lowest BCUT2D eigenvalue weighted by Gasteiger charge is -2.42. The first kappa shape index (κ1) is 30.2. The molecule has 0 radical (unpaired) electrons. The van der Waals surface area contributed by atoms with E-state index in [0.29, 0.717) is 18.7 Å². The average molecular weight is 593 g/mol. The molecule has 0 aromatic heterocycles. The van der Waals surface area contributed by atoms with E-state index in [0.717, 1.165) is 52.9 Å². The van der Waals surface area contributed by atoms with E-state index in [1.54, 1.807) is 0 Å². The number of nitrogens with one attached hydrogen (secondary N) is 1. The van der Waals surface area contributed by atoms with Gasteiger partial charge in [-0.2, -0.15) is 0 Å². The zero-order valence-electron chi connectivity index (χ0n) is 25.0. The largest absolute Gasteiger partial charge is 0.392 e. The number of hydrogen-bond donors (Lipinski definition) is 3. The summed E-state index contributed by atoms with van der Waals surface area (Å²) < 4.78 is 13.3. The number of carbonyl (C=O) groups excluding carboxylic acids is 1. The van der Waals surface area contributed by atoms with Crippen molar-refractivity contribution < 1.29 is 24.5 Å². The predicted octanol–water partition coefficient (Wildman–Crippen LogP) is 5.63. The number of aliphatic hydroxyl groups excluding tert-OH is 2. The van der Waals surface area contributed by atoms with Crippen molar-refractivity contribution >= 4 is 5.91 Å². The molecule has 7 nitrogen and oxygen atoms in total. The molecule has 2 aliphatic heterocycles. The SMILES string of the molecule is C[C@H]1[C@@H](CN2CC[C@H](O)C2)O[C@@H](c2ccc(-c3ccccc3CNC(=O)c3ccccc3)cc2)O[C@H]1c1ccc(CO)cc1. The number of likely N-dealkylation sites (tertiary alicyclic amines) is 1. The van der Waals surface area contributed by atoms with E-state index in [-0.39, 0.29) is 36.7 Å². The second-order valence-electron chi connectivity index (χ2n) is 11.9. The smallest absolute Gasteiger partial charge is 0.251 e. The summed E-state index contributed by atoms with van der Waals surface area (Å²) in [6, 6.07) is 33.5. The second-order valence-corrected chi connectivity index (χ2v) is 11.9. The van der Waals surface area contributed by atoms with Crippen molar-refractivity contribution in [2.45, 2.75) is 51.1 Å². The molecule has 6 rings (SSSR count). The summed E-state index contributed by atoms with van der Waals surface area (Å²) in [7, 11) is 0. The standard InChI is InChI=1S/C37H40N2O5/c1-25-34(23-39-20-19-32(41)22-39)43-37(44-35(25)28-13-11-26(24-40)12-14-28)30-17-15-27(16-18-30)33-10-6-5-9-31(33)21-38-36(42)29-7-3-2-4-8-29/h2-18,25,32,34-35,37,40-41H,19-24H2,1H3,(H,38,42)/t25-,32-,34+,35+,37+/m0/s1. The van der Waals surface area contributed by atoms with E-state index in [4.69, 9.17) is 9.47 Å². The van der Waals surface area contributed by atoms with E-state index < -0.39 is 6.29 Å². The van der Waals surface area contributed by atoms with Gasteiger partial charge in [-0.05, 0) is 46.4 Å². The van der Waals surface area contributed by atoms with Gasteiger partial charge in [-0.3, -0.25) is 9.69 Å². The second kappa shape index (κ2) is 13.8. The topological polar surface area (TPSA) is 91.3 Å². The van der Waals surface area contributed by atoms with Gasteiger partial charge in [-0.1, -0.05) is 97.9 Å². The number of β-amino-alcohol motifs (C(OH)–C–C–N with tert-alkyl or cyclic N) is 1. The van der Waals surface area contributed by atoms with Crippen molar-refractivity contribution in [3.8, 4) is 11.1 Å². The Morgan fingerprint density at radius 2 is 1.59 bits per heavy atom. The van der Waals surface area contributed by atoms with Crippen LogP contribution in [0.2, 0.25) is 0 Å². The van der Waals surface area contributed by atoms with Gasteiger partial charge in [0.2, 0.25) is 0 Å². The van der Waals surface area contributed by atoms with Gasteiger partial charge in [0.25, 0.3) is 5.91 Å². The summed E-state index contributed by atoms with van der Waals surface area (Å²) in [5, 5.41) is 22.7. The molecule has 2 fully saturated rings. The maximum Gasteiger partial charge on any atom is 0.251 e. The molecule has 3 N–H and O–H groups in total. The van der Waals surface area contributed by atoms with E-state index in [1.807, 2.05) is 72.8 Å². The summed E-state index contributed by atoms with van der Waals surface area (Å²) in [5.41, 5.74) is 6.61. The molecular weight excluding hydrogens is 552 g/mol. The van der Waals surface area contributed by atoms with Gasteiger partial charge in [0.1, 0.15) is 0 Å². The minimum Gasteiger partial charge on any atom is -0.392 e. The number of hydrogen-bond acceptors (Lipinski definition) is 6. The Balaban J connectivity index is 1.21. The van der Waals surface area contributed by atoms with Crippen molar-refractivity contribution in [3.05, 3.63) is 131 Å². The number of benzene rings is 4. The molecule has 0 bridgehead atoms. The van der Waals surface area contributed by atoms with E-state index >= 15 is 0 Å². The number of amides is 1. The van der Waals surface area contributed by atoms with Crippen molar-refractivity contribution in [2.24, 2.45) is 5.92 Å². The molecular formula is C37H40N2O5. The highest BCUT2D eigenvalue weighted by Crippen LogP contribution is 2.42. The third kappa shape index (κ3) is 6.93. The molecule has 0 saturated carbocycles. The summed E-state index contributed by atoms with van der Waals surface area (Å²) in [4.78, 5) is 14.9. The third-order valence-corrected chi connectivity index (χ3v) is 8.80. The van der Waals surface area contributed by atoms with E-state index in [1.165, 1.54) is 0 Å². The van der Waals surface area contributed by atoms with E-state index in [2.05, 4.69) is 47.5 Å². The number of rotatable bonds is 9. The summed E-state index contributed by atoms with van der Waals surface area (Å²) in [5.74, 6) is -0.0173. The summed E-state index contributed by atoms with van der Waals surface area (Å²) in [6.45, 7) is 4.82. The van der Waals surface area contributed by atoms with Crippen LogP contribution in [-0.2, 0) is 22.6 Å². The maximum atomic E-state index is 12.7. The number of ether oxygens (including phenoxy) is 2. The zero-order valence-corrected chi connectivity index (χ0v) is 25.0. The molecule has 0 spiro atoms. The molecule has 44 heavy (non-hydrogen) atoms. The first-order valence-corrected chi connectivity index (χ1v) is 15.4. The number of carbonyl (C=O) groups is 1. The van der Waals surface area contributed by atoms with Crippen molar-refractivity contribution in [1.82, 2.24) is 10.2 Å². The lowest BCUT2D eigenvalue weighted by molar-refractivity contribution is -0.276. The van der Waals surface area contributed by atoms with Crippen LogP contribution < -0.4 is 5.32 Å². The molecule has 0 aliphatic carbocycles. The molecule has 5 atom stereocenters. The molecule has 4 aromatic rings. The lowest BCUT2D eigenvalue weighted by Crippen LogP contribution is -2.44. The van der Waals surface area contributed by atoms with Crippen molar-refractivity contribution in [2.75, 3.05) is 19.6 Å². The fraction of sp³-hybridized carbons (Fsp3) is 0.324. The highest BCUT2D eigenvalue weighted by atomic mass is 16.7. The van der Waals surface area contributed by atoms with Crippen LogP contribution in [0.25, 0.3) is 11.1 Å². The van der Waals surface area contributed by atoms with Crippen LogP contribution in [0, 0.1) is 5.92 Å². The average Bonchev–Trinajstić information content (AvgIpc) is 3.49. The Hall–Kier alpha value is -3.85. The Bertz CT molecular complexity index is 1530. The van der Waals surface area contributed by atoms with Crippen LogP contribution in [0.4, 0.5) is 0 Å². The molecule has 7 heteroatoms. The van der Waals surface area contributed by atoms with Crippen LogP contribution in [-0.4, -0.2) is 52.9 Å². The van der Waals surface area contributed by atoms with Gasteiger partial charge in [0, 0.05) is 43.2 Å².